The molecule has 0 heterocycles. The lowest BCUT2D eigenvalue weighted by Gasteiger charge is -2.24. The van der Waals surface area contributed by atoms with Gasteiger partial charge in [-0.3, -0.25) is 0 Å². The van der Waals surface area contributed by atoms with Crippen LogP contribution in [0.5, 0.6) is 0 Å². The van der Waals surface area contributed by atoms with Gasteiger partial charge in [0, 0.05) is 11.6 Å². The summed E-state index contributed by atoms with van der Waals surface area (Å²) in [6.45, 7) is 1.49. The predicted molar refractivity (Wildman–Crippen MR) is 88.1 cm³/mol. The molecule has 0 amide bonds. The van der Waals surface area contributed by atoms with E-state index < -0.39 is 15.6 Å². The lowest BCUT2D eigenvalue weighted by molar-refractivity contribution is 0.0627. The van der Waals surface area contributed by atoms with Crippen molar-refractivity contribution < 1.29 is 13.5 Å². The Labute approximate surface area is 135 Å². The zero-order valence-electron chi connectivity index (χ0n) is 12.2. The zero-order valence-corrected chi connectivity index (χ0v) is 13.7. The normalized spacial score (nSPS) is 14.5. The van der Waals surface area contributed by atoms with Crippen LogP contribution in [0.25, 0.3) is 0 Å². The molecule has 118 valence electrons. The third kappa shape index (κ3) is 4.81. The number of rotatable bonds is 6. The highest BCUT2D eigenvalue weighted by Gasteiger charge is 2.25. The average molecular weight is 340 g/mol. The van der Waals surface area contributed by atoms with Crippen LogP contribution in [0.15, 0.2) is 54.6 Å². The maximum atomic E-state index is 12.1. The van der Waals surface area contributed by atoms with Gasteiger partial charge >= 0.3 is 0 Å². The van der Waals surface area contributed by atoms with Crippen LogP contribution in [0.1, 0.15) is 18.1 Å². The Bertz CT molecular complexity index is 713. The van der Waals surface area contributed by atoms with Crippen LogP contribution in [0, 0.1) is 0 Å². The molecule has 1 unspecified atom stereocenters. The fraction of sp³-hybridized carbons (Fsp3) is 0.250. The third-order valence-electron chi connectivity index (χ3n) is 3.30. The Morgan fingerprint density at radius 1 is 1.09 bits per heavy atom. The van der Waals surface area contributed by atoms with Crippen molar-refractivity contribution >= 4 is 21.6 Å². The number of benzene rings is 2. The smallest absolute Gasteiger partial charge is 0.215 e. The molecule has 0 radical (unpaired) electrons. The van der Waals surface area contributed by atoms with Gasteiger partial charge in [0.2, 0.25) is 10.0 Å². The maximum absolute atomic E-state index is 12.1. The van der Waals surface area contributed by atoms with E-state index in [2.05, 4.69) is 4.72 Å². The fourth-order valence-corrected chi connectivity index (χ4v) is 3.36. The maximum Gasteiger partial charge on any atom is 0.215 e. The largest absolute Gasteiger partial charge is 0.384 e. The summed E-state index contributed by atoms with van der Waals surface area (Å²) < 4.78 is 26.7. The van der Waals surface area contributed by atoms with Crippen molar-refractivity contribution in [1.29, 1.82) is 0 Å². The highest BCUT2D eigenvalue weighted by molar-refractivity contribution is 7.88. The van der Waals surface area contributed by atoms with Gasteiger partial charge in [0.1, 0.15) is 5.60 Å². The standard InChI is InChI=1S/C16H18ClNO3S/c1-16(19,14-5-3-2-4-6-14)12-18-22(20,21)11-13-7-9-15(17)10-8-13/h2-10,18-19H,11-12H2,1H3. The molecule has 2 N–H and O–H groups in total. The summed E-state index contributed by atoms with van der Waals surface area (Å²) in [4.78, 5) is 0. The van der Waals surface area contributed by atoms with Gasteiger partial charge in [0.15, 0.2) is 0 Å². The molecule has 0 spiro atoms. The van der Waals surface area contributed by atoms with Crippen LogP contribution in [0.4, 0.5) is 0 Å². The highest BCUT2D eigenvalue weighted by atomic mass is 35.5. The molecule has 22 heavy (non-hydrogen) atoms. The van der Waals surface area contributed by atoms with E-state index in [-0.39, 0.29) is 12.3 Å². The summed E-state index contributed by atoms with van der Waals surface area (Å²) >= 11 is 5.77. The fourth-order valence-electron chi connectivity index (χ4n) is 2.00. The van der Waals surface area contributed by atoms with Crippen molar-refractivity contribution in [3.63, 3.8) is 0 Å². The second-order valence-electron chi connectivity index (χ2n) is 5.35. The second kappa shape index (κ2) is 6.79. The summed E-state index contributed by atoms with van der Waals surface area (Å²) in [5.41, 5.74) is 0.0226. The molecule has 2 aromatic rings. The van der Waals surface area contributed by atoms with E-state index in [1.807, 2.05) is 6.07 Å². The Morgan fingerprint density at radius 3 is 2.27 bits per heavy atom. The minimum absolute atomic E-state index is 0.0903. The van der Waals surface area contributed by atoms with Gasteiger partial charge in [-0.15, -0.1) is 0 Å². The van der Waals surface area contributed by atoms with E-state index in [1.165, 1.54) is 0 Å². The monoisotopic (exact) mass is 339 g/mol. The predicted octanol–water partition coefficient (Wildman–Crippen LogP) is 2.67. The first kappa shape index (κ1) is 17.0. The molecule has 0 saturated carbocycles. The Balaban J connectivity index is 2.02. The molecular formula is C16H18ClNO3S. The summed E-state index contributed by atoms with van der Waals surface area (Å²) in [6.07, 6.45) is 0. The number of hydrogen-bond acceptors (Lipinski definition) is 3. The third-order valence-corrected chi connectivity index (χ3v) is 4.85. The summed E-state index contributed by atoms with van der Waals surface area (Å²) in [5.74, 6) is -0.158. The molecule has 0 aromatic heterocycles. The van der Waals surface area contributed by atoms with Gasteiger partial charge in [-0.25, -0.2) is 13.1 Å². The Morgan fingerprint density at radius 2 is 1.68 bits per heavy atom. The summed E-state index contributed by atoms with van der Waals surface area (Å²) in [7, 11) is -3.54. The topological polar surface area (TPSA) is 66.4 Å². The van der Waals surface area contributed by atoms with Crippen LogP contribution in [-0.2, 0) is 21.4 Å². The van der Waals surface area contributed by atoms with E-state index in [1.54, 1.807) is 55.5 Å². The molecule has 0 saturated heterocycles. The molecule has 2 rings (SSSR count). The molecule has 0 fully saturated rings. The van der Waals surface area contributed by atoms with E-state index >= 15 is 0 Å². The van der Waals surface area contributed by atoms with Crippen molar-refractivity contribution in [1.82, 2.24) is 4.72 Å². The van der Waals surface area contributed by atoms with Gasteiger partial charge in [0.25, 0.3) is 0 Å². The molecule has 4 nitrogen and oxygen atoms in total. The molecule has 2 aromatic carbocycles. The van der Waals surface area contributed by atoms with Gasteiger partial charge in [0.05, 0.1) is 5.75 Å². The van der Waals surface area contributed by atoms with E-state index in [9.17, 15) is 13.5 Å². The molecule has 1 atom stereocenters. The molecule has 6 heteroatoms. The Hall–Kier alpha value is -1.40. The van der Waals surface area contributed by atoms with Crippen molar-refractivity contribution in [2.75, 3.05) is 6.54 Å². The number of hydrogen-bond donors (Lipinski definition) is 2. The molecular weight excluding hydrogens is 322 g/mol. The number of nitrogens with one attached hydrogen (secondary N) is 1. The van der Waals surface area contributed by atoms with E-state index in [0.717, 1.165) is 0 Å². The number of aliphatic hydroxyl groups is 1. The van der Waals surface area contributed by atoms with Gasteiger partial charge in [-0.05, 0) is 30.2 Å². The molecule has 0 aliphatic carbocycles. The van der Waals surface area contributed by atoms with Crippen LogP contribution in [0.2, 0.25) is 5.02 Å². The van der Waals surface area contributed by atoms with Crippen molar-refractivity contribution in [2.45, 2.75) is 18.3 Å². The van der Waals surface area contributed by atoms with Gasteiger partial charge in [-0.2, -0.15) is 0 Å². The lowest BCUT2D eigenvalue weighted by Crippen LogP contribution is -2.39. The first-order valence-corrected chi connectivity index (χ1v) is 8.81. The number of halogens is 1. The van der Waals surface area contributed by atoms with E-state index in [0.29, 0.717) is 16.1 Å². The SMILES string of the molecule is CC(O)(CNS(=O)(=O)Cc1ccc(Cl)cc1)c1ccccc1. The average Bonchev–Trinajstić information content (AvgIpc) is 2.49. The van der Waals surface area contributed by atoms with Crippen LogP contribution in [0.3, 0.4) is 0 Å². The van der Waals surface area contributed by atoms with Crippen molar-refractivity contribution in [2.24, 2.45) is 0 Å². The molecule has 0 bridgehead atoms. The quantitative estimate of drug-likeness (QED) is 0.850. The van der Waals surface area contributed by atoms with Crippen LogP contribution in [-0.4, -0.2) is 20.1 Å². The van der Waals surface area contributed by atoms with Crippen LogP contribution >= 0.6 is 11.6 Å². The van der Waals surface area contributed by atoms with Gasteiger partial charge in [-0.1, -0.05) is 54.1 Å². The summed E-state index contributed by atoms with van der Waals surface area (Å²) in [5, 5.41) is 11.0. The summed E-state index contributed by atoms with van der Waals surface area (Å²) in [6, 6.07) is 15.6. The Kier molecular flexibility index (Phi) is 5.24. The zero-order chi connectivity index (χ0) is 16.2. The number of sulfonamides is 1. The van der Waals surface area contributed by atoms with Crippen LogP contribution < -0.4 is 4.72 Å². The minimum atomic E-state index is -3.54. The highest BCUT2D eigenvalue weighted by Crippen LogP contribution is 2.19. The minimum Gasteiger partial charge on any atom is -0.384 e. The van der Waals surface area contributed by atoms with E-state index in [4.69, 9.17) is 11.6 Å². The second-order valence-corrected chi connectivity index (χ2v) is 7.59. The van der Waals surface area contributed by atoms with Crippen molar-refractivity contribution in [3.8, 4) is 0 Å². The van der Waals surface area contributed by atoms with Gasteiger partial charge < -0.3 is 5.11 Å². The lowest BCUT2D eigenvalue weighted by atomic mass is 9.97. The van der Waals surface area contributed by atoms with Crippen molar-refractivity contribution in [3.05, 3.63) is 70.7 Å². The molecule has 0 aliphatic rings. The first-order chi connectivity index (χ1) is 10.3. The first-order valence-electron chi connectivity index (χ1n) is 6.78. The molecule has 0 aliphatic heterocycles.